The highest BCUT2D eigenvalue weighted by molar-refractivity contribution is 7.89. The average molecular weight is 436 g/mol. The number of nitrogens with one attached hydrogen (secondary N) is 2. The van der Waals surface area contributed by atoms with Gasteiger partial charge in [-0.2, -0.15) is 0 Å². The Bertz CT molecular complexity index is 1060. The Labute approximate surface area is 175 Å². The first-order valence-electron chi connectivity index (χ1n) is 9.18. The predicted octanol–water partition coefficient (Wildman–Crippen LogP) is 3.04. The van der Waals surface area contributed by atoms with Crippen molar-refractivity contribution in [1.29, 1.82) is 0 Å². The molecule has 0 spiro atoms. The van der Waals surface area contributed by atoms with Crippen molar-refractivity contribution in [3.8, 4) is 0 Å². The molecule has 1 saturated heterocycles. The van der Waals surface area contributed by atoms with E-state index in [9.17, 15) is 18.0 Å². The van der Waals surface area contributed by atoms with E-state index in [-0.39, 0.29) is 21.4 Å². The smallest absolute Gasteiger partial charge is 0.257 e. The van der Waals surface area contributed by atoms with Crippen molar-refractivity contribution in [3.05, 3.63) is 58.1 Å². The minimum absolute atomic E-state index is 0.00377. The van der Waals surface area contributed by atoms with Gasteiger partial charge in [-0.1, -0.05) is 23.7 Å². The maximum Gasteiger partial charge on any atom is 0.257 e. The van der Waals surface area contributed by atoms with Crippen molar-refractivity contribution in [3.63, 3.8) is 0 Å². The summed E-state index contributed by atoms with van der Waals surface area (Å²) in [7, 11) is -2.45. The van der Waals surface area contributed by atoms with Crippen LogP contribution in [0.4, 0.5) is 5.69 Å². The highest BCUT2D eigenvalue weighted by Crippen LogP contribution is 2.26. The molecule has 1 heterocycles. The van der Waals surface area contributed by atoms with Crippen LogP contribution in [0.3, 0.4) is 0 Å². The summed E-state index contributed by atoms with van der Waals surface area (Å²) in [6.45, 7) is 3.19. The molecule has 0 aliphatic carbocycles. The Kier molecular flexibility index (Phi) is 6.26. The number of nitrogens with zero attached hydrogens (tertiary/aromatic N) is 1. The first-order chi connectivity index (χ1) is 13.7. The van der Waals surface area contributed by atoms with E-state index in [1.165, 1.54) is 25.2 Å². The van der Waals surface area contributed by atoms with Crippen LogP contribution < -0.4 is 10.0 Å². The molecule has 2 amide bonds. The van der Waals surface area contributed by atoms with Gasteiger partial charge in [0.05, 0.1) is 26.7 Å². The highest BCUT2D eigenvalue weighted by atomic mass is 35.5. The number of carbonyl (C=O) groups is 2. The zero-order valence-corrected chi connectivity index (χ0v) is 17.7. The minimum atomic E-state index is -3.73. The highest BCUT2D eigenvalue weighted by Gasteiger charge is 2.25. The van der Waals surface area contributed by atoms with Crippen LogP contribution in [0.25, 0.3) is 0 Å². The number of aryl methyl sites for hydroxylation is 1. The zero-order valence-electron chi connectivity index (χ0n) is 16.2. The van der Waals surface area contributed by atoms with E-state index in [0.29, 0.717) is 24.3 Å². The topological polar surface area (TPSA) is 95.6 Å². The summed E-state index contributed by atoms with van der Waals surface area (Å²) < 4.78 is 26.3. The van der Waals surface area contributed by atoms with Gasteiger partial charge in [-0.05, 0) is 56.6 Å². The number of rotatable bonds is 5. The normalized spacial score (nSPS) is 14.1. The zero-order chi connectivity index (χ0) is 21.2. The molecule has 1 aliphatic rings. The summed E-state index contributed by atoms with van der Waals surface area (Å²) in [5.41, 5.74) is 1.55. The molecule has 0 atom stereocenters. The maximum absolute atomic E-state index is 13.0. The molecule has 0 bridgehead atoms. The molecule has 1 fully saturated rings. The van der Waals surface area contributed by atoms with Crippen molar-refractivity contribution >= 4 is 39.1 Å². The van der Waals surface area contributed by atoms with E-state index >= 15 is 0 Å². The first kappa shape index (κ1) is 21.3. The lowest BCUT2D eigenvalue weighted by molar-refractivity contribution is 0.0793. The summed E-state index contributed by atoms with van der Waals surface area (Å²) in [6.07, 6.45) is 1.92. The Morgan fingerprint density at radius 2 is 1.79 bits per heavy atom. The van der Waals surface area contributed by atoms with Gasteiger partial charge in [0.15, 0.2) is 0 Å². The van der Waals surface area contributed by atoms with Gasteiger partial charge >= 0.3 is 0 Å². The molecule has 3 rings (SSSR count). The monoisotopic (exact) mass is 435 g/mol. The lowest BCUT2D eigenvalue weighted by atomic mass is 10.0. The van der Waals surface area contributed by atoms with Crippen molar-refractivity contribution in [2.24, 2.45) is 0 Å². The number of likely N-dealkylation sites (tertiary alicyclic amines) is 1. The third-order valence-corrected chi connectivity index (χ3v) is 6.63. The van der Waals surface area contributed by atoms with Gasteiger partial charge in [0.1, 0.15) is 0 Å². The van der Waals surface area contributed by atoms with Crippen molar-refractivity contribution in [2.75, 3.05) is 25.5 Å². The van der Waals surface area contributed by atoms with Crippen LogP contribution in [0.15, 0.2) is 41.3 Å². The molecule has 1 aliphatic heterocycles. The molecule has 29 heavy (non-hydrogen) atoms. The molecule has 0 radical (unpaired) electrons. The number of benzene rings is 2. The molecule has 7 nitrogen and oxygen atoms in total. The van der Waals surface area contributed by atoms with Crippen molar-refractivity contribution in [2.45, 2.75) is 24.7 Å². The number of anilines is 1. The molecular formula is C20H22ClN3O4S. The lowest BCUT2D eigenvalue weighted by Gasteiger charge is -2.20. The molecule has 0 aromatic heterocycles. The van der Waals surface area contributed by atoms with E-state index < -0.39 is 15.9 Å². The minimum Gasteiger partial charge on any atom is -0.339 e. The molecule has 9 heteroatoms. The molecular weight excluding hydrogens is 414 g/mol. The van der Waals surface area contributed by atoms with E-state index in [2.05, 4.69) is 10.0 Å². The van der Waals surface area contributed by atoms with Crippen LogP contribution >= 0.6 is 11.6 Å². The van der Waals surface area contributed by atoms with Crippen LogP contribution in [0, 0.1) is 6.92 Å². The van der Waals surface area contributed by atoms with Gasteiger partial charge in [-0.3, -0.25) is 9.59 Å². The van der Waals surface area contributed by atoms with E-state index in [4.69, 9.17) is 11.6 Å². The van der Waals surface area contributed by atoms with Gasteiger partial charge in [0.2, 0.25) is 10.0 Å². The fourth-order valence-corrected chi connectivity index (χ4v) is 4.25. The summed E-state index contributed by atoms with van der Waals surface area (Å²) in [4.78, 5) is 27.5. The summed E-state index contributed by atoms with van der Waals surface area (Å²) in [5, 5.41) is 2.83. The lowest BCUT2D eigenvalue weighted by Crippen LogP contribution is -2.29. The Hall–Kier alpha value is -2.42. The van der Waals surface area contributed by atoms with E-state index in [1.807, 2.05) is 13.0 Å². The number of carbonyl (C=O) groups excluding carboxylic acids is 2. The van der Waals surface area contributed by atoms with Crippen LogP contribution in [-0.2, 0) is 10.0 Å². The summed E-state index contributed by atoms with van der Waals surface area (Å²) >= 11 is 6.14. The third kappa shape index (κ3) is 4.44. The van der Waals surface area contributed by atoms with Gasteiger partial charge in [-0.25, -0.2) is 13.1 Å². The second kappa shape index (κ2) is 8.52. The summed E-state index contributed by atoms with van der Waals surface area (Å²) in [6, 6.07) is 9.09. The van der Waals surface area contributed by atoms with Crippen molar-refractivity contribution in [1.82, 2.24) is 9.62 Å². The van der Waals surface area contributed by atoms with Gasteiger partial charge < -0.3 is 10.2 Å². The van der Waals surface area contributed by atoms with Crippen LogP contribution in [0.5, 0.6) is 0 Å². The SMILES string of the molecule is CNS(=O)(=O)c1ccc(Cl)c(C(=O)Nc2cccc(C)c2C(=O)N2CCCC2)c1. The molecule has 2 N–H and O–H groups in total. The molecule has 0 saturated carbocycles. The van der Waals surface area contributed by atoms with Gasteiger partial charge in [0.25, 0.3) is 11.8 Å². The number of amides is 2. The second-order valence-corrected chi connectivity index (χ2v) is 9.09. The predicted molar refractivity (Wildman–Crippen MR) is 112 cm³/mol. The standard InChI is InChI=1S/C20H22ClN3O4S/c1-13-6-5-7-17(18(13)20(26)24-10-3-4-11-24)23-19(25)15-12-14(8-9-16(15)21)29(27,28)22-2/h5-9,12,22H,3-4,10-11H2,1-2H3,(H,23,25). The summed E-state index contributed by atoms with van der Waals surface area (Å²) in [5.74, 6) is -0.724. The van der Waals surface area contributed by atoms with E-state index in [0.717, 1.165) is 18.4 Å². The fraction of sp³-hybridized carbons (Fsp3) is 0.300. The number of sulfonamides is 1. The van der Waals surface area contributed by atoms with Crippen molar-refractivity contribution < 1.29 is 18.0 Å². The Morgan fingerprint density at radius 3 is 2.45 bits per heavy atom. The Balaban J connectivity index is 1.95. The van der Waals surface area contributed by atoms with Crippen LogP contribution in [0.1, 0.15) is 39.1 Å². The number of hydrogen-bond donors (Lipinski definition) is 2. The number of hydrogen-bond acceptors (Lipinski definition) is 4. The number of halogens is 1. The maximum atomic E-state index is 13.0. The second-order valence-electron chi connectivity index (χ2n) is 6.80. The fourth-order valence-electron chi connectivity index (χ4n) is 3.29. The molecule has 2 aromatic rings. The van der Waals surface area contributed by atoms with E-state index in [1.54, 1.807) is 17.0 Å². The molecule has 2 aromatic carbocycles. The molecule has 154 valence electrons. The molecule has 0 unspecified atom stereocenters. The first-order valence-corrected chi connectivity index (χ1v) is 11.0. The van der Waals surface area contributed by atoms with Crippen LogP contribution in [-0.4, -0.2) is 45.3 Å². The third-order valence-electron chi connectivity index (χ3n) is 4.89. The van der Waals surface area contributed by atoms with Gasteiger partial charge in [0, 0.05) is 13.1 Å². The Morgan fingerprint density at radius 1 is 1.10 bits per heavy atom. The van der Waals surface area contributed by atoms with Crippen LogP contribution in [0.2, 0.25) is 5.02 Å². The van der Waals surface area contributed by atoms with Gasteiger partial charge in [-0.15, -0.1) is 0 Å². The average Bonchev–Trinajstić information content (AvgIpc) is 3.22. The quantitative estimate of drug-likeness (QED) is 0.754. The largest absolute Gasteiger partial charge is 0.339 e.